The van der Waals surface area contributed by atoms with Crippen molar-refractivity contribution in [2.24, 2.45) is 0 Å². The highest BCUT2D eigenvalue weighted by Gasteiger charge is 2.20. The number of rotatable bonds is 7. The second-order valence-corrected chi connectivity index (χ2v) is 7.67. The summed E-state index contributed by atoms with van der Waals surface area (Å²) in [4.78, 5) is 25.8. The summed E-state index contributed by atoms with van der Waals surface area (Å²) in [5.41, 5.74) is 3.66. The number of hydrogen-bond donors (Lipinski definition) is 1. The van der Waals surface area contributed by atoms with E-state index >= 15 is 0 Å². The van der Waals surface area contributed by atoms with E-state index in [0.29, 0.717) is 24.7 Å². The van der Waals surface area contributed by atoms with E-state index in [9.17, 15) is 4.79 Å². The Hall–Kier alpha value is -3.03. The fourth-order valence-corrected chi connectivity index (χ4v) is 3.60. The minimum absolute atomic E-state index is 0.216. The molecule has 0 atom stereocenters. The minimum atomic E-state index is -0.216. The molecule has 2 aromatic heterocycles. The van der Waals surface area contributed by atoms with Crippen LogP contribution in [-0.2, 0) is 19.6 Å². The van der Waals surface area contributed by atoms with E-state index < -0.39 is 0 Å². The van der Waals surface area contributed by atoms with Crippen LogP contribution in [-0.4, -0.2) is 51.9 Å². The van der Waals surface area contributed by atoms with Crippen molar-refractivity contribution < 1.29 is 9.21 Å². The third-order valence-electron chi connectivity index (χ3n) is 5.26. The smallest absolute Gasteiger partial charge is 0.273 e. The number of nitrogens with one attached hydrogen (secondary N) is 1. The molecule has 0 unspecified atom stereocenters. The Balaban J connectivity index is 1.23. The highest BCUT2D eigenvalue weighted by molar-refractivity contribution is 5.91. The minimum Gasteiger partial charge on any atom is -0.447 e. The van der Waals surface area contributed by atoms with Gasteiger partial charge < -0.3 is 9.73 Å². The van der Waals surface area contributed by atoms with Crippen LogP contribution < -0.4 is 5.32 Å². The Morgan fingerprint density at radius 2 is 1.87 bits per heavy atom. The van der Waals surface area contributed by atoms with Crippen LogP contribution in [0.25, 0.3) is 0 Å². The molecule has 0 saturated carbocycles. The highest BCUT2D eigenvalue weighted by atomic mass is 16.3. The first-order valence-electron chi connectivity index (χ1n) is 10.3. The highest BCUT2D eigenvalue weighted by Crippen LogP contribution is 2.11. The number of carbonyl (C=O) groups excluding carboxylic acids is 1. The Labute approximate surface area is 176 Å². The fraction of sp³-hybridized carbons (Fsp3) is 0.348. The molecule has 1 aliphatic heterocycles. The van der Waals surface area contributed by atoms with Gasteiger partial charge in [0.15, 0.2) is 5.69 Å². The average molecular weight is 406 g/mol. The fourth-order valence-electron chi connectivity index (χ4n) is 3.60. The number of nitrogens with zero attached hydrogens (tertiary/aromatic N) is 4. The number of carbonyl (C=O) groups is 1. The molecule has 4 rings (SSSR count). The van der Waals surface area contributed by atoms with Gasteiger partial charge in [0, 0.05) is 45.5 Å². The largest absolute Gasteiger partial charge is 0.447 e. The van der Waals surface area contributed by atoms with Gasteiger partial charge in [0.2, 0.25) is 5.89 Å². The van der Waals surface area contributed by atoms with E-state index in [-0.39, 0.29) is 5.91 Å². The topological polar surface area (TPSA) is 74.5 Å². The van der Waals surface area contributed by atoms with Gasteiger partial charge in [-0.15, -0.1) is 0 Å². The lowest BCUT2D eigenvalue weighted by Gasteiger charge is -2.33. The van der Waals surface area contributed by atoms with Gasteiger partial charge in [0.05, 0.1) is 12.2 Å². The maximum Gasteiger partial charge on any atom is 0.273 e. The molecule has 30 heavy (non-hydrogen) atoms. The molecule has 7 heteroatoms. The molecule has 0 radical (unpaired) electrons. The van der Waals surface area contributed by atoms with Gasteiger partial charge in [-0.1, -0.05) is 35.9 Å². The molecule has 0 spiro atoms. The standard InChI is InChI=1S/C23H27N5O2/c1-18-5-4-6-19(13-18)14-25-23(29)21-17-30-22(26-21)16-28-11-9-27(10-12-28)15-20-7-2-3-8-24-20/h2-8,13,17H,9-12,14-16H2,1H3,(H,25,29). The average Bonchev–Trinajstić information content (AvgIpc) is 3.23. The normalized spacial score (nSPS) is 15.2. The van der Waals surface area contributed by atoms with E-state index in [0.717, 1.165) is 44.0 Å². The summed E-state index contributed by atoms with van der Waals surface area (Å²) in [6, 6.07) is 14.1. The van der Waals surface area contributed by atoms with E-state index in [1.54, 1.807) is 0 Å². The third-order valence-corrected chi connectivity index (χ3v) is 5.26. The maximum atomic E-state index is 12.4. The van der Waals surface area contributed by atoms with Gasteiger partial charge in [-0.25, -0.2) is 4.98 Å². The summed E-state index contributed by atoms with van der Waals surface area (Å²) in [6.45, 7) is 7.81. The predicted molar refractivity (Wildman–Crippen MR) is 114 cm³/mol. The summed E-state index contributed by atoms with van der Waals surface area (Å²) in [6.07, 6.45) is 3.28. The Bertz CT molecular complexity index is 964. The molecule has 156 valence electrons. The summed E-state index contributed by atoms with van der Waals surface area (Å²) < 4.78 is 5.54. The molecule has 1 aliphatic rings. The van der Waals surface area contributed by atoms with Crippen LogP contribution in [0.15, 0.2) is 59.3 Å². The van der Waals surface area contributed by atoms with Crippen molar-refractivity contribution in [2.45, 2.75) is 26.6 Å². The van der Waals surface area contributed by atoms with Gasteiger partial charge in [0.25, 0.3) is 5.91 Å². The van der Waals surface area contributed by atoms with Gasteiger partial charge in [0.1, 0.15) is 6.26 Å². The molecule has 1 amide bonds. The van der Waals surface area contributed by atoms with Gasteiger partial charge in [-0.2, -0.15) is 0 Å². The van der Waals surface area contributed by atoms with Crippen LogP contribution in [0.5, 0.6) is 0 Å². The van der Waals surface area contributed by atoms with Crippen molar-refractivity contribution in [3.8, 4) is 0 Å². The molecule has 1 aromatic carbocycles. The van der Waals surface area contributed by atoms with Crippen LogP contribution in [0.3, 0.4) is 0 Å². The van der Waals surface area contributed by atoms with E-state index in [2.05, 4.69) is 37.2 Å². The second kappa shape index (κ2) is 9.65. The van der Waals surface area contributed by atoms with E-state index in [1.165, 1.54) is 11.8 Å². The number of oxazole rings is 1. The summed E-state index contributed by atoms with van der Waals surface area (Å²) in [5, 5.41) is 2.90. The lowest BCUT2D eigenvalue weighted by atomic mass is 10.1. The zero-order valence-electron chi connectivity index (χ0n) is 17.3. The number of aryl methyl sites for hydroxylation is 1. The molecule has 0 aliphatic carbocycles. The molecule has 0 bridgehead atoms. The first-order chi connectivity index (χ1) is 14.7. The van der Waals surface area contributed by atoms with Crippen molar-refractivity contribution in [1.29, 1.82) is 0 Å². The van der Waals surface area contributed by atoms with Crippen molar-refractivity contribution in [1.82, 2.24) is 25.1 Å². The van der Waals surface area contributed by atoms with Gasteiger partial charge in [-0.3, -0.25) is 19.6 Å². The lowest BCUT2D eigenvalue weighted by Crippen LogP contribution is -2.45. The molecule has 3 aromatic rings. The van der Waals surface area contributed by atoms with Crippen LogP contribution >= 0.6 is 0 Å². The monoisotopic (exact) mass is 405 g/mol. The van der Waals surface area contributed by atoms with Crippen molar-refractivity contribution >= 4 is 5.91 Å². The Kier molecular flexibility index (Phi) is 6.51. The summed E-state index contributed by atoms with van der Waals surface area (Å²) >= 11 is 0. The van der Waals surface area contributed by atoms with Crippen molar-refractivity contribution in [3.05, 3.63) is 83.3 Å². The number of pyridine rings is 1. The predicted octanol–water partition coefficient (Wildman–Crippen LogP) is 2.63. The van der Waals surface area contributed by atoms with Crippen LogP contribution in [0.4, 0.5) is 0 Å². The molecule has 7 nitrogen and oxygen atoms in total. The number of hydrogen-bond acceptors (Lipinski definition) is 6. The van der Waals surface area contributed by atoms with Gasteiger partial charge in [-0.05, 0) is 24.6 Å². The zero-order valence-corrected chi connectivity index (χ0v) is 17.3. The van der Waals surface area contributed by atoms with E-state index in [4.69, 9.17) is 4.42 Å². The number of amides is 1. The Morgan fingerprint density at radius 3 is 2.60 bits per heavy atom. The molecular formula is C23H27N5O2. The number of benzene rings is 1. The summed E-state index contributed by atoms with van der Waals surface area (Å²) in [7, 11) is 0. The molecule has 3 heterocycles. The lowest BCUT2D eigenvalue weighted by molar-refractivity contribution is 0.0945. The quantitative estimate of drug-likeness (QED) is 0.651. The van der Waals surface area contributed by atoms with Crippen LogP contribution in [0, 0.1) is 6.92 Å². The number of piperazine rings is 1. The van der Waals surface area contributed by atoms with Crippen molar-refractivity contribution in [3.63, 3.8) is 0 Å². The first kappa shape index (κ1) is 20.3. The third kappa shape index (κ3) is 5.52. The van der Waals surface area contributed by atoms with Crippen LogP contribution in [0.1, 0.15) is 33.2 Å². The molecule has 1 saturated heterocycles. The van der Waals surface area contributed by atoms with Gasteiger partial charge >= 0.3 is 0 Å². The molecule has 1 N–H and O–H groups in total. The van der Waals surface area contributed by atoms with Crippen molar-refractivity contribution in [2.75, 3.05) is 26.2 Å². The summed E-state index contributed by atoms with van der Waals surface area (Å²) in [5.74, 6) is 0.362. The van der Waals surface area contributed by atoms with Crippen LogP contribution in [0.2, 0.25) is 0 Å². The molecular weight excluding hydrogens is 378 g/mol. The zero-order chi connectivity index (χ0) is 20.8. The maximum absolute atomic E-state index is 12.4. The molecule has 1 fully saturated rings. The van der Waals surface area contributed by atoms with E-state index in [1.807, 2.05) is 43.5 Å². The Morgan fingerprint density at radius 1 is 1.07 bits per heavy atom. The second-order valence-electron chi connectivity index (χ2n) is 7.67. The SMILES string of the molecule is Cc1cccc(CNC(=O)c2coc(CN3CCN(Cc4ccccn4)CC3)n2)c1. The number of aromatic nitrogens is 2. The first-order valence-corrected chi connectivity index (χ1v) is 10.3.